The second-order valence-electron chi connectivity index (χ2n) is 4.17. The van der Waals surface area contributed by atoms with E-state index in [1.807, 2.05) is 19.9 Å². The Labute approximate surface area is 123 Å². The number of allylic oxidation sites excluding steroid dienone is 2. The molecule has 108 valence electrons. The van der Waals surface area contributed by atoms with Crippen LogP contribution in [-0.4, -0.2) is 12.9 Å². The van der Waals surface area contributed by atoms with Gasteiger partial charge in [-0.15, -0.1) is 0 Å². The molecule has 0 radical (unpaired) electrons. The summed E-state index contributed by atoms with van der Waals surface area (Å²) in [7, 11) is 0. The number of benzene rings is 1. The molecule has 0 atom stereocenters. The Morgan fingerprint density at radius 3 is 2.25 bits per heavy atom. The number of aliphatic imine (C=N–C) groups is 1. The molecule has 1 aromatic rings. The van der Waals surface area contributed by atoms with Gasteiger partial charge in [0.25, 0.3) is 0 Å². The second-order valence-corrected chi connectivity index (χ2v) is 4.17. The van der Waals surface area contributed by atoms with E-state index < -0.39 is 0 Å². The minimum atomic E-state index is 0.604. The summed E-state index contributed by atoms with van der Waals surface area (Å²) >= 11 is 0. The van der Waals surface area contributed by atoms with E-state index in [-0.39, 0.29) is 0 Å². The second kappa shape index (κ2) is 10.8. The van der Waals surface area contributed by atoms with Gasteiger partial charge in [-0.2, -0.15) is 0 Å². The van der Waals surface area contributed by atoms with Gasteiger partial charge in [0.15, 0.2) is 0 Å². The maximum Gasteiger partial charge on any atom is 0.0872 e. The highest BCUT2D eigenvalue weighted by Gasteiger charge is 1.93. The third-order valence-corrected chi connectivity index (χ3v) is 2.41. The fourth-order valence-electron chi connectivity index (χ4n) is 1.67. The van der Waals surface area contributed by atoms with E-state index in [0.717, 1.165) is 11.3 Å². The average Bonchev–Trinajstić information content (AvgIpc) is 2.43. The van der Waals surface area contributed by atoms with E-state index in [2.05, 4.69) is 55.5 Å². The van der Waals surface area contributed by atoms with Gasteiger partial charge in [0, 0.05) is 5.69 Å². The first-order valence-corrected chi connectivity index (χ1v) is 6.93. The van der Waals surface area contributed by atoms with Crippen molar-refractivity contribution < 1.29 is 0 Å². The lowest BCUT2D eigenvalue weighted by Crippen LogP contribution is -1.97. The Bertz CT molecular complexity index is 462. The fourth-order valence-corrected chi connectivity index (χ4v) is 1.67. The van der Waals surface area contributed by atoms with Crippen LogP contribution in [0.3, 0.4) is 0 Å². The van der Waals surface area contributed by atoms with Gasteiger partial charge in [0.1, 0.15) is 0 Å². The van der Waals surface area contributed by atoms with Crippen molar-refractivity contribution in [3.63, 3.8) is 0 Å². The fraction of sp³-hybridized carbons (Fsp3) is 0.278. The third kappa shape index (κ3) is 7.37. The number of aryl methyl sites for hydroxylation is 2. The molecule has 0 aliphatic rings. The highest BCUT2D eigenvalue weighted by Crippen LogP contribution is 2.12. The summed E-state index contributed by atoms with van der Waals surface area (Å²) in [5, 5.41) is 3.17. The normalized spacial score (nSPS) is 10.7. The number of hydrogen-bond donors (Lipinski definition) is 1. The summed E-state index contributed by atoms with van der Waals surface area (Å²) in [4.78, 5) is 4.29. The molecule has 20 heavy (non-hydrogen) atoms. The van der Waals surface area contributed by atoms with Crippen LogP contribution in [0.5, 0.6) is 0 Å². The molecule has 1 aromatic carbocycles. The molecule has 0 spiro atoms. The zero-order valence-electron chi connectivity index (χ0n) is 13.1. The molecule has 0 saturated carbocycles. The molecule has 0 fully saturated rings. The molecule has 0 amide bonds. The van der Waals surface area contributed by atoms with Crippen molar-refractivity contribution >= 4 is 12.0 Å². The van der Waals surface area contributed by atoms with Crippen molar-refractivity contribution in [3.05, 3.63) is 66.3 Å². The monoisotopic (exact) mass is 270 g/mol. The summed E-state index contributed by atoms with van der Waals surface area (Å²) in [6.07, 6.45) is 7.15. The minimum absolute atomic E-state index is 0.604. The lowest BCUT2D eigenvalue weighted by Gasteiger charge is -2.04. The molecule has 2 nitrogen and oxygen atoms in total. The molecular formula is C18H26N2. The third-order valence-electron chi connectivity index (χ3n) is 2.41. The van der Waals surface area contributed by atoms with Crippen molar-refractivity contribution in [1.29, 1.82) is 0 Å². The first-order valence-electron chi connectivity index (χ1n) is 6.93. The van der Waals surface area contributed by atoms with E-state index in [0.29, 0.717) is 6.54 Å². The quantitative estimate of drug-likeness (QED) is 0.435. The predicted molar refractivity (Wildman–Crippen MR) is 92.7 cm³/mol. The van der Waals surface area contributed by atoms with Gasteiger partial charge in [-0.1, -0.05) is 51.3 Å². The van der Waals surface area contributed by atoms with Gasteiger partial charge in [-0.05, 0) is 42.7 Å². The van der Waals surface area contributed by atoms with E-state index in [1.54, 1.807) is 18.5 Å². The molecule has 2 heteroatoms. The maximum absolute atomic E-state index is 4.29. The van der Waals surface area contributed by atoms with Crippen molar-refractivity contribution in [1.82, 2.24) is 0 Å². The van der Waals surface area contributed by atoms with Crippen LogP contribution in [0.2, 0.25) is 0 Å². The first kappa shape index (κ1) is 17.9. The Kier molecular flexibility index (Phi) is 9.67. The maximum atomic E-state index is 4.29. The van der Waals surface area contributed by atoms with Crippen LogP contribution in [0.15, 0.2) is 60.2 Å². The minimum Gasteiger partial charge on any atom is -0.347 e. The van der Waals surface area contributed by atoms with Crippen molar-refractivity contribution in [2.24, 2.45) is 4.99 Å². The molecule has 0 heterocycles. The Hall–Kier alpha value is -2.09. The molecule has 0 saturated heterocycles. The largest absolute Gasteiger partial charge is 0.347 e. The van der Waals surface area contributed by atoms with E-state index >= 15 is 0 Å². The summed E-state index contributed by atoms with van der Waals surface area (Å²) < 4.78 is 0. The molecule has 0 aliphatic heterocycles. The number of nitrogens with zero attached hydrogens (tertiary/aromatic N) is 1. The standard InChI is InChI=1S/C16H20N2.C2H6/c1-5-7-15(6-2)11-17-12-18-16-9-13(3)8-14(4)10-16;1-2/h5-10,12H,1-2,11H2,3-4H3,(H,17,18);1-2H3/b15-7+;. The number of hydrogen-bond acceptors (Lipinski definition) is 1. The highest BCUT2D eigenvalue weighted by molar-refractivity contribution is 5.76. The van der Waals surface area contributed by atoms with Crippen LogP contribution >= 0.6 is 0 Å². The van der Waals surface area contributed by atoms with Gasteiger partial charge in [-0.3, -0.25) is 4.99 Å². The predicted octanol–water partition coefficient (Wildman–Crippen LogP) is 5.07. The highest BCUT2D eigenvalue weighted by atomic mass is 14.9. The molecule has 1 N–H and O–H groups in total. The Balaban J connectivity index is 0.00000172. The molecule has 0 aliphatic carbocycles. The molecule has 0 unspecified atom stereocenters. The zero-order chi connectivity index (χ0) is 15.4. The lowest BCUT2D eigenvalue weighted by molar-refractivity contribution is 1.19. The molecule has 0 aromatic heterocycles. The van der Waals surface area contributed by atoms with E-state index in [1.165, 1.54) is 11.1 Å². The van der Waals surface area contributed by atoms with Crippen LogP contribution in [-0.2, 0) is 0 Å². The summed E-state index contributed by atoms with van der Waals surface area (Å²) in [5.74, 6) is 0. The summed E-state index contributed by atoms with van der Waals surface area (Å²) in [5.41, 5.74) is 4.58. The van der Waals surface area contributed by atoms with Crippen LogP contribution in [0.25, 0.3) is 0 Å². The van der Waals surface area contributed by atoms with Gasteiger partial charge in [0.2, 0.25) is 0 Å². The Morgan fingerprint density at radius 1 is 1.15 bits per heavy atom. The summed E-state index contributed by atoms with van der Waals surface area (Å²) in [6, 6.07) is 6.32. The SMILES string of the molecule is C=C/C=C(\C=C)CN=CNc1cc(C)cc(C)c1.CC. The molecule has 1 rings (SSSR count). The molecule has 0 bridgehead atoms. The van der Waals surface area contributed by atoms with Crippen molar-refractivity contribution in [3.8, 4) is 0 Å². The van der Waals surface area contributed by atoms with Crippen LogP contribution in [0.1, 0.15) is 25.0 Å². The van der Waals surface area contributed by atoms with Crippen molar-refractivity contribution in [2.45, 2.75) is 27.7 Å². The van der Waals surface area contributed by atoms with Gasteiger partial charge in [-0.25, -0.2) is 0 Å². The number of rotatable bonds is 6. The van der Waals surface area contributed by atoms with Crippen LogP contribution < -0.4 is 5.32 Å². The zero-order valence-corrected chi connectivity index (χ0v) is 13.1. The molecular weight excluding hydrogens is 244 g/mol. The van der Waals surface area contributed by atoms with Crippen molar-refractivity contribution in [2.75, 3.05) is 11.9 Å². The number of anilines is 1. The first-order chi connectivity index (χ1) is 9.65. The number of nitrogens with one attached hydrogen (secondary N) is 1. The van der Waals surface area contributed by atoms with Crippen LogP contribution in [0, 0.1) is 13.8 Å². The summed E-state index contributed by atoms with van der Waals surface area (Å²) in [6.45, 7) is 16.1. The van der Waals surface area contributed by atoms with Crippen LogP contribution in [0.4, 0.5) is 5.69 Å². The van der Waals surface area contributed by atoms with Gasteiger partial charge < -0.3 is 5.32 Å². The van der Waals surface area contributed by atoms with E-state index in [9.17, 15) is 0 Å². The Morgan fingerprint density at radius 2 is 1.75 bits per heavy atom. The topological polar surface area (TPSA) is 24.4 Å². The average molecular weight is 270 g/mol. The lowest BCUT2D eigenvalue weighted by atomic mass is 10.1. The van der Waals surface area contributed by atoms with Gasteiger partial charge >= 0.3 is 0 Å². The smallest absolute Gasteiger partial charge is 0.0872 e. The van der Waals surface area contributed by atoms with E-state index in [4.69, 9.17) is 0 Å². The van der Waals surface area contributed by atoms with Gasteiger partial charge in [0.05, 0.1) is 12.9 Å².